The van der Waals surface area contributed by atoms with Crippen molar-refractivity contribution in [2.24, 2.45) is 0 Å². The molecular weight excluding hydrogens is 378 g/mol. The zero-order valence-electron chi connectivity index (χ0n) is 19.3. The summed E-state index contributed by atoms with van der Waals surface area (Å²) in [6, 6.07) is 8.95. The van der Waals surface area contributed by atoms with E-state index in [0.29, 0.717) is 24.2 Å². The number of hydrogen-bond acceptors (Lipinski definition) is 5. The summed E-state index contributed by atoms with van der Waals surface area (Å²) in [5.74, 6) is -0.0381. The molecule has 2 heterocycles. The minimum absolute atomic E-state index is 0.0381. The Labute approximate surface area is 181 Å². The van der Waals surface area contributed by atoms with Gasteiger partial charge >= 0.3 is 0 Å². The van der Waals surface area contributed by atoms with E-state index in [1.165, 1.54) is 0 Å². The minimum Gasteiger partial charge on any atom is -0.374 e. The van der Waals surface area contributed by atoms with Crippen molar-refractivity contribution in [1.82, 2.24) is 15.1 Å². The zero-order chi connectivity index (χ0) is 21.7. The van der Waals surface area contributed by atoms with Crippen molar-refractivity contribution in [3.63, 3.8) is 0 Å². The number of benzene rings is 1. The quantitative estimate of drug-likeness (QED) is 0.739. The Morgan fingerprint density at radius 1 is 1.10 bits per heavy atom. The highest BCUT2D eigenvalue weighted by Crippen LogP contribution is 2.18. The molecule has 1 amide bonds. The molecule has 0 aromatic heterocycles. The smallest absolute Gasteiger partial charge is 0.251 e. The predicted molar refractivity (Wildman–Crippen MR) is 120 cm³/mol. The predicted octanol–water partition coefficient (Wildman–Crippen LogP) is 2.57. The van der Waals surface area contributed by atoms with E-state index in [9.17, 15) is 4.79 Å². The van der Waals surface area contributed by atoms with E-state index in [0.717, 1.165) is 44.8 Å². The van der Waals surface area contributed by atoms with Crippen LogP contribution in [0.3, 0.4) is 0 Å². The van der Waals surface area contributed by atoms with Crippen molar-refractivity contribution in [2.75, 3.05) is 39.3 Å². The number of amides is 1. The third kappa shape index (κ3) is 6.51. The van der Waals surface area contributed by atoms with Crippen LogP contribution in [0.25, 0.3) is 0 Å². The first-order valence-corrected chi connectivity index (χ1v) is 11.4. The Kier molecular flexibility index (Phi) is 8.28. The van der Waals surface area contributed by atoms with Gasteiger partial charge in [-0.3, -0.25) is 14.6 Å². The van der Waals surface area contributed by atoms with Crippen molar-refractivity contribution in [3.8, 4) is 0 Å². The van der Waals surface area contributed by atoms with Crippen LogP contribution in [0.2, 0.25) is 0 Å². The summed E-state index contributed by atoms with van der Waals surface area (Å²) in [5, 5.41) is 3.06. The van der Waals surface area contributed by atoms with Crippen LogP contribution in [0.15, 0.2) is 24.3 Å². The van der Waals surface area contributed by atoms with Gasteiger partial charge < -0.3 is 14.8 Å². The highest BCUT2D eigenvalue weighted by Gasteiger charge is 2.27. The topological polar surface area (TPSA) is 54.0 Å². The molecule has 0 aliphatic carbocycles. The van der Waals surface area contributed by atoms with Gasteiger partial charge in [-0.15, -0.1) is 0 Å². The lowest BCUT2D eigenvalue weighted by molar-refractivity contribution is -0.0841. The van der Waals surface area contributed by atoms with Gasteiger partial charge in [0.1, 0.15) is 0 Å². The average molecular weight is 418 g/mol. The van der Waals surface area contributed by atoms with Gasteiger partial charge in [-0.25, -0.2) is 0 Å². The van der Waals surface area contributed by atoms with Crippen molar-refractivity contribution >= 4 is 5.91 Å². The Bertz CT molecular complexity index is 694. The van der Waals surface area contributed by atoms with Crippen LogP contribution < -0.4 is 5.32 Å². The molecule has 0 spiro atoms. The largest absolute Gasteiger partial charge is 0.374 e. The summed E-state index contributed by atoms with van der Waals surface area (Å²) in [4.78, 5) is 17.6. The number of carbonyl (C=O) groups is 1. The number of rotatable bonds is 7. The SMILES string of the molecule is CC(C)N1CCOC(CNC(=O)c2cccc(C[C@@H]3CN(C(C)C)C[C@H](C)O3)c2)C1. The van der Waals surface area contributed by atoms with Gasteiger partial charge in [-0.05, 0) is 58.7 Å². The van der Waals surface area contributed by atoms with Gasteiger partial charge in [0.2, 0.25) is 0 Å². The molecule has 1 N–H and O–H groups in total. The standard InChI is InChI=1S/C24H39N3O3/c1-17(2)26-9-10-29-23(16-26)13-25-24(28)21-8-6-7-20(11-21)12-22-15-27(18(3)4)14-19(5)30-22/h6-8,11,17-19,22-23H,9-10,12-16H2,1-5H3,(H,25,28)/t19-,22+,23?/m0/s1. The first-order chi connectivity index (χ1) is 14.3. The Morgan fingerprint density at radius 2 is 1.83 bits per heavy atom. The highest BCUT2D eigenvalue weighted by molar-refractivity contribution is 5.94. The molecule has 0 bridgehead atoms. The van der Waals surface area contributed by atoms with Crippen LogP contribution in [0.5, 0.6) is 0 Å². The molecule has 0 radical (unpaired) electrons. The van der Waals surface area contributed by atoms with E-state index in [4.69, 9.17) is 9.47 Å². The lowest BCUT2D eigenvalue weighted by Crippen LogP contribution is -2.50. The number of nitrogens with zero attached hydrogens (tertiary/aromatic N) is 2. The molecule has 1 aromatic carbocycles. The normalized spacial score (nSPS) is 26.3. The van der Waals surface area contributed by atoms with E-state index < -0.39 is 0 Å². The average Bonchev–Trinajstić information content (AvgIpc) is 2.72. The second-order valence-electron chi connectivity index (χ2n) is 9.31. The minimum atomic E-state index is -0.0381. The molecule has 30 heavy (non-hydrogen) atoms. The monoisotopic (exact) mass is 417 g/mol. The van der Waals surface area contributed by atoms with Crippen molar-refractivity contribution in [1.29, 1.82) is 0 Å². The Hall–Kier alpha value is -1.47. The molecule has 3 atom stereocenters. The molecule has 2 saturated heterocycles. The highest BCUT2D eigenvalue weighted by atomic mass is 16.5. The second kappa shape index (κ2) is 10.7. The van der Waals surface area contributed by atoms with Gasteiger partial charge in [-0.1, -0.05) is 12.1 Å². The van der Waals surface area contributed by atoms with Crippen LogP contribution in [-0.4, -0.2) is 85.4 Å². The molecule has 3 rings (SSSR count). The fourth-order valence-corrected chi connectivity index (χ4v) is 4.36. The Morgan fingerprint density at radius 3 is 2.57 bits per heavy atom. The summed E-state index contributed by atoms with van der Waals surface area (Å²) in [7, 11) is 0. The number of morpholine rings is 2. The number of ether oxygens (including phenoxy) is 2. The van der Waals surface area contributed by atoms with Gasteiger partial charge in [0.15, 0.2) is 0 Å². The van der Waals surface area contributed by atoms with E-state index in [1.54, 1.807) is 0 Å². The maximum Gasteiger partial charge on any atom is 0.251 e. The third-order valence-electron chi connectivity index (χ3n) is 6.13. The molecule has 6 heteroatoms. The molecular formula is C24H39N3O3. The lowest BCUT2D eigenvalue weighted by Gasteiger charge is -2.39. The molecule has 2 aliphatic rings. The van der Waals surface area contributed by atoms with Gasteiger partial charge in [0, 0.05) is 50.4 Å². The third-order valence-corrected chi connectivity index (χ3v) is 6.13. The zero-order valence-corrected chi connectivity index (χ0v) is 19.3. The maximum atomic E-state index is 12.7. The molecule has 6 nitrogen and oxygen atoms in total. The van der Waals surface area contributed by atoms with Crippen LogP contribution >= 0.6 is 0 Å². The number of hydrogen-bond donors (Lipinski definition) is 1. The molecule has 2 aliphatic heterocycles. The van der Waals surface area contributed by atoms with E-state index in [2.05, 4.69) is 55.8 Å². The summed E-state index contributed by atoms with van der Waals surface area (Å²) in [6.45, 7) is 16.0. The number of carbonyl (C=O) groups excluding carboxylic acids is 1. The van der Waals surface area contributed by atoms with Crippen molar-refractivity contribution in [3.05, 3.63) is 35.4 Å². The molecule has 1 aromatic rings. The lowest BCUT2D eigenvalue weighted by atomic mass is 10.0. The summed E-state index contributed by atoms with van der Waals surface area (Å²) in [6.07, 6.45) is 1.27. The number of nitrogens with one attached hydrogen (secondary N) is 1. The van der Waals surface area contributed by atoms with Crippen LogP contribution in [-0.2, 0) is 15.9 Å². The van der Waals surface area contributed by atoms with Gasteiger partial charge in [0.05, 0.1) is 24.9 Å². The molecule has 0 saturated carbocycles. The molecule has 1 unspecified atom stereocenters. The Balaban J connectivity index is 1.53. The fourth-order valence-electron chi connectivity index (χ4n) is 4.36. The van der Waals surface area contributed by atoms with Crippen molar-refractivity contribution < 1.29 is 14.3 Å². The summed E-state index contributed by atoms with van der Waals surface area (Å²) >= 11 is 0. The maximum absolute atomic E-state index is 12.7. The van der Waals surface area contributed by atoms with Crippen LogP contribution in [0.1, 0.15) is 50.5 Å². The van der Waals surface area contributed by atoms with Gasteiger partial charge in [-0.2, -0.15) is 0 Å². The summed E-state index contributed by atoms with van der Waals surface area (Å²) < 4.78 is 12.0. The van der Waals surface area contributed by atoms with Crippen LogP contribution in [0.4, 0.5) is 0 Å². The molecule has 2 fully saturated rings. The van der Waals surface area contributed by atoms with Gasteiger partial charge in [0.25, 0.3) is 5.91 Å². The van der Waals surface area contributed by atoms with Crippen molar-refractivity contribution in [2.45, 2.75) is 71.4 Å². The summed E-state index contributed by atoms with van der Waals surface area (Å²) in [5.41, 5.74) is 1.85. The fraction of sp³-hybridized carbons (Fsp3) is 0.708. The van der Waals surface area contributed by atoms with E-state index in [1.807, 2.05) is 18.2 Å². The van der Waals surface area contributed by atoms with E-state index >= 15 is 0 Å². The first kappa shape index (κ1) is 23.2. The van der Waals surface area contributed by atoms with Crippen LogP contribution in [0, 0.1) is 0 Å². The second-order valence-corrected chi connectivity index (χ2v) is 9.31. The van der Waals surface area contributed by atoms with E-state index in [-0.39, 0.29) is 24.2 Å². The molecule has 168 valence electrons. The first-order valence-electron chi connectivity index (χ1n) is 11.4.